The Labute approximate surface area is 80.5 Å². The smallest absolute Gasteiger partial charge is 0.207 e. The van der Waals surface area contributed by atoms with Gasteiger partial charge in [-0.25, -0.2) is 6.07 Å². The fourth-order valence-corrected chi connectivity index (χ4v) is 1.87. The van der Waals surface area contributed by atoms with E-state index in [4.69, 9.17) is 0 Å². The summed E-state index contributed by atoms with van der Waals surface area (Å²) in [5.41, 5.74) is 4.68. The number of hydrogen-bond donors (Lipinski definition) is 0. The molecule has 0 spiro atoms. The van der Waals surface area contributed by atoms with Crippen LogP contribution in [0.2, 0.25) is 0 Å². The molecule has 0 heterocycles. The van der Waals surface area contributed by atoms with Crippen LogP contribution in [0.15, 0.2) is 12.1 Å². The molecule has 0 aromatic heterocycles. The van der Waals surface area contributed by atoms with Gasteiger partial charge in [-0.15, -0.1) is 0 Å². The Balaban J connectivity index is 0.000000605. The van der Waals surface area contributed by atoms with Crippen molar-refractivity contribution in [1.29, 1.82) is 0 Å². The van der Waals surface area contributed by atoms with E-state index in [1.807, 2.05) is 0 Å². The summed E-state index contributed by atoms with van der Waals surface area (Å²) in [7, 11) is 0. The predicted octanol–water partition coefficient (Wildman–Crippen LogP) is -0.403. The summed E-state index contributed by atoms with van der Waals surface area (Å²) in [6.07, 6.45) is 5.44. The van der Waals surface area contributed by atoms with Gasteiger partial charge in [0.15, 0.2) is 0 Å². The maximum Gasteiger partial charge on any atom is 1.00 e. The average Bonchev–Trinajstić information content (AvgIpc) is 2.27. The van der Waals surface area contributed by atoms with Crippen molar-refractivity contribution in [2.24, 2.45) is 0 Å². The molecule has 0 nitrogen and oxygen atoms in total. The molecule has 1 aliphatic rings. The van der Waals surface area contributed by atoms with Gasteiger partial charge in [0.1, 0.15) is 0 Å². The Bertz CT molecular complexity index is 212. The zero-order valence-corrected chi connectivity index (χ0v) is 7.48. The van der Waals surface area contributed by atoms with E-state index in [1.54, 1.807) is 11.1 Å². The number of rotatable bonds is 0. The molecule has 1 aliphatic carbocycles. The van der Waals surface area contributed by atoms with E-state index in [-0.39, 0.29) is 18.9 Å². The van der Waals surface area contributed by atoms with Crippen molar-refractivity contribution in [2.75, 3.05) is 0 Å². The van der Waals surface area contributed by atoms with Gasteiger partial charge in [-0.2, -0.15) is 22.8 Å². The molecule has 0 amide bonds. The largest absolute Gasteiger partial charge is 1.00 e. The van der Waals surface area contributed by atoms with E-state index in [9.17, 15) is 0 Å². The molecule has 11 heavy (non-hydrogen) atoms. The first-order valence-electron chi connectivity index (χ1n) is 4.11. The fraction of sp³-hybridized carbons (Fsp3) is 0.500. The van der Waals surface area contributed by atoms with Crippen molar-refractivity contribution in [2.45, 2.75) is 32.6 Å². The van der Waals surface area contributed by atoms with Gasteiger partial charge >= 0.3 is 18.9 Å². The zero-order chi connectivity index (χ0) is 6.97. The van der Waals surface area contributed by atoms with Crippen LogP contribution in [0, 0.1) is 6.92 Å². The van der Waals surface area contributed by atoms with Crippen LogP contribution in [0.5, 0.6) is 0 Å². The molecule has 54 valence electrons. The summed E-state index contributed by atoms with van der Waals surface area (Å²) in [5, 5.41) is 0. The maximum absolute atomic E-state index is 2.34. The van der Waals surface area contributed by atoms with Crippen molar-refractivity contribution in [3.05, 3.63) is 28.8 Å². The van der Waals surface area contributed by atoms with Crippen molar-refractivity contribution >= 4 is 0 Å². The van der Waals surface area contributed by atoms with Gasteiger partial charge in [0.2, 0.25) is 0 Å². The van der Waals surface area contributed by atoms with E-state index >= 15 is 0 Å². The van der Waals surface area contributed by atoms with Crippen LogP contribution in [0.25, 0.3) is 0 Å². The quantitative estimate of drug-likeness (QED) is 0.339. The molecule has 0 saturated heterocycles. The molecule has 0 radical (unpaired) electrons. The molecule has 0 unspecified atom stereocenters. The monoisotopic (exact) mass is 140 g/mol. The summed E-state index contributed by atoms with van der Waals surface area (Å²) >= 11 is 0. The van der Waals surface area contributed by atoms with Crippen molar-refractivity contribution in [1.82, 2.24) is 0 Å². The summed E-state index contributed by atoms with van der Waals surface area (Å²) in [6, 6.07) is 4.68. The second-order valence-electron chi connectivity index (χ2n) is 3.29. The van der Waals surface area contributed by atoms with Crippen molar-refractivity contribution in [3.8, 4) is 0 Å². The second-order valence-corrected chi connectivity index (χ2v) is 3.29. The van der Waals surface area contributed by atoms with E-state index in [1.165, 1.54) is 31.2 Å². The van der Waals surface area contributed by atoms with Crippen molar-refractivity contribution in [3.63, 3.8) is 0 Å². The summed E-state index contributed by atoms with van der Waals surface area (Å²) < 4.78 is 0. The summed E-state index contributed by atoms with van der Waals surface area (Å²) in [6.45, 7) is 2.19. The molecule has 1 aromatic rings. The third-order valence-corrected chi connectivity index (χ3v) is 2.36. The van der Waals surface area contributed by atoms with Crippen LogP contribution in [-0.4, -0.2) is 0 Å². The zero-order valence-electron chi connectivity index (χ0n) is 7.48. The Morgan fingerprint density at radius 2 is 2.00 bits per heavy atom. The van der Waals surface area contributed by atoms with Gasteiger partial charge in [-0.05, 0) is 0 Å². The molecule has 0 atom stereocenters. The molecular formula is C10H13Li. The minimum atomic E-state index is 0. The van der Waals surface area contributed by atoms with E-state index in [2.05, 4.69) is 19.1 Å². The molecular weight excluding hydrogens is 127 g/mol. The fourth-order valence-electron chi connectivity index (χ4n) is 1.87. The molecule has 0 aliphatic heterocycles. The maximum atomic E-state index is 2.34. The number of hydrogen-bond acceptors (Lipinski definition) is 0. The molecule has 0 saturated carbocycles. The molecule has 0 fully saturated rings. The third-order valence-electron chi connectivity index (χ3n) is 2.36. The van der Waals surface area contributed by atoms with Gasteiger partial charge in [0.05, 0.1) is 0 Å². The third kappa shape index (κ3) is 1.75. The normalized spacial score (nSPS) is 15.4. The van der Waals surface area contributed by atoms with Gasteiger partial charge < -0.3 is 0 Å². The first-order valence-corrected chi connectivity index (χ1v) is 4.11. The van der Waals surface area contributed by atoms with Crippen LogP contribution in [-0.2, 0) is 12.8 Å². The average molecular weight is 140 g/mol. The van der Waals surface area contributed by atoms with Gasteiger partial charge in [0, 0.05) is 0 Å². The molecule has 1 heteroatoms. The minimum absolute atomic E-state index is 0. The topological polar surface area (TPSA) is 0 Å². The van der Waals surface area contributed by atoms with Crippen molar-refractivity contribution < 1.29 is 18.9 Å². The molecule has 2 rings (SSSR count). The Kier molecular flexibility index (Phi) is 2.93. The van der Waals surface area contributed by atoms with Crippen LogP contribution >= 0.6 is 0 Å². The van der Waals surface area contributed by atoms with Gasteiger partial charge in [-0.1, -0.05) is 32.6 Å². The predicted molar refractivity (Wildman–Crippen MR) is 43.4 cm³/mol. The van der Waals surface area contributed by atoms with Crippen LogP contribution in [0.3, 0.4) is 0 Å². The Morgan fingerprint density at radius 3 is 2.73 bits per heavy atom. The van der Waals surface area contributed by atoms with E-state index < -0.39 is 0 Å². The number of aryl methyl sites for hydroxylation is 3. The first-order chi connectivity index (χ1) is 4.86. The first kappa shape index (κ1) is 9.04. The summed E-state index contributed by atoms with van der Waals surface area (Å²) in [5.74, 6) is 0. The van der Waals surface area contributed by atoms with Crippen LogP contribution in [0.4, 0.5) is 0 Å². The number of fused-ring (bicyclic) bond motifs is 1. The van der Waals surface area contributed by atoms with E-state index in [0.717, 1.165) is 0 Å². The second kappa shape index (κ2) is 3.56. The molecule has 1 aromatic carbocycles. The van der Waals surface area contributed by atoms with Crippen LogP contribution < -0.4 is 18.9 Å². The minimum Gasteiger partial charge on any atom is -0.207 e. The molecule has 0 bridgehead atoms. The van der Waals surface area contributed by atoms with Gasteiger partial charge in [0.25, 0.3) is 0 Å². The van der Waals surface area contributed by atoms with Crippen LogP contribution in [0.1, 0.15) is 29.5 Å². The Morgan fingerprint density at radius 1 is 1.27 bits per heavy atom. The molecule has 0 N–H and O–H groups in total. The standard InChI is InChI=1S/C10H13.Li/c1-8-6-9-4-2-3-5-10(9)7-8;/h6-7H,2-5H2,1H3;/q-1;+1. The SMILES string of the molecule is Cc1cc2c([cH-]1)CCCC2.[Li+]. The van der Waals surface area contributed by atoms with E-state index in [0.29, 0.717) is 0 Å². The Hall–Kier alpha value is -0.0526. The summed E-state index contributed by atoms with van der Waals surface area (Å²) in [4.78, 5) is 0. The van der Waals surface area contributed by atoms with Gasteiger partial charge in [-0.3, -0.25) is 0 Å².